The summed E-state index contributed by atoms with van der Waals surface area (Å²) in [6.07, 6.45) is 1.61. The number of rotatable bonds is 5. The first kappa shape index (κ1) is 17.2. The van der Waals surface area contributed by atoms with E-state index in [0.29, 0.717) is 27.9 Å². The molecule has 0 aliphatic rings. The van der Waals surface area contributed by atoms with Crippen LogP contribution in [0.25, 0.3) is 0 Å². The topological polar surface area (TPSA) is 73.3 Å². The minimum atomic E-state index is -0.460. The fraction of sp³-hybridized carbons (Fsp3) is 0.118. The fourth-order valence-electron chi connectivity index (χ4n) is 2.02. The van der Waals surface area contributed by atoms with Crippen LogP contribution in [0.2, 0.25) is 5.02 Å². The van der Waals surface area contributed by atoms with Crippen molar-refractivity contribution in [1.29, 1.82) is 0 Å². The van der Waals surface area contributed by atoms with E-state index in [-0.39, 0.29) is 0 Å². The number of carbonyl (C=O) groups excluding carboxylic acids is 1. The summed E-state index contributed by atoms with van der Waals surface area (Å²) >= 11 is 7.64. The highest BCUT2D eigenvalue weighted by Crippen LogP contribution is 2.31. The van der Waals surface area contributed by atoms with E-state index in [1.807, 2.05) is 12.3 Å². The lowest BCUT2D eigenvalue weighted by Crippen LogP contribution is -2.01. The van der Waals surface area contributed by atoms with Gasteiger partial charge in [-0.05, 0) is 31.2 Å². The third-order valence-electron chi connectivity index (χ3n) is 3.17. The van der Waals surface area contributed by atoms with Crippen LogP contribution in [-0.2, 0) is 4.74 Å². The number of halogens is 1. The third-order valence-corrected chi connectivity index (χ3v) is 4.35. The molecule has 3 aromatic rings. The molecule has 0 saturated carbocycles. The van der Waals surface area contributed by atoms with Crippen LogP contribution in [0.1, 0.15) is 16.1 Å². The van der Waals surface area contributed by atoms with E-state index in [9.17, 15) is 4.79 Å². The molecule has 2 heterocycles. The number of aryl methyl sites for hydroxylation is 1. The van der Waals surface area contributed by atoms with Gasteiger partial charge in [-0.3, -0.25) is 0 Å². The molecule has 0 unspecified atom stereocenters. The Balaban J connectivity index is 1.81. The number of benzene rings is 1. The summed E-state index contributed by atoms with van der Waals surface area (Å²) in [6, 6.07) is 8.11. The Morgan fingerprint density at radius 1 is 1.28 bits per heavy atom. The number of pyridine rings is 1. The molecule has 2 aromatic heterocycles. The van der Waals surface area contributed by atoms with Gasteiger partial charge >= 0.3 is 5.97 Å². The predicted molar refractivity (Wildman–Crippen MR) is 97.2 cm³/mol. The first-order chi connectivity index (χ1) is 12.0. The highest BCUT2D eigenvalue weighted by molar-refractivity contribution is 7.13. The van der Waals surface area contributed by atoms with E-state index >= 15 is 0 Å². The lowest BCUT2D eigenvalue weighted by Gasteiger charge is -2.10. The van der Waals surface area contributed by atoms with Gasteiger partial charge in [0.2, 0.25) is 0 Å². The molecular formula is C17H14ClN3O3S. The number of carbonyl (C=O) groups is 1. The molecule has 6 nitrogen and oxygen atoms in total. The number of thiazole rings is 1. The van der Waals surface area contributed by atoms with Crippen molar-refractivity contribution >= 4 is 39.9 Å². The van der Waals surface area contributed by atoms with E-state index < -0.39 is 5.97 Å². The highest BCUT2D eigenvalue weighted by Gasteiger charge is 2.11. The Hall–Kier alpha value is -2.64. The second-order valence-corrected chi connectivity index (χ2v) is 6.30. The van der Waals surface area contributed by atoms with Crippen molar-refractivity contribution in [2.24, 2.45) is 0 Å². The molecule has 25 heavy (non-hydrogen) atoms. The van der Waals surface area contributed by atoms with Gasteiger partial charge in [-0.15, -0.1) is 11.3 Å². The molecule has 1 aromatic carbocycles. The number of nitrogens with zero attached hydrogens (tertiary/aromatic N) is 2. The van der Waals surface area contributed by atoms with E-state index in [1.165, 1.54) is 24.5 Å². The zero-order valence-electron chi connectivity index (χ0n) is 13.4. The SMILES string of the molecule is COC(=O)c1ccc(Cl)c(Oc2ccnc(Nc3nc(C)cs3)c2)c1. The van der Waals surface area contributed by atoms with Crippen LogP contribution < -0.4 is 10.1 Å². The van der Waals surface area contributed by atoms with Crippen LogP contribution in [0.5, 0.6) is 11.5 Å². The van der Waals surface area contributed by atoms with Crippen LogP contribution in [0.3, 0.4) is 0 Å². The Morgan fingerprint density at radius 2 is 2.12 bits per heavy atom. The second-order valence-electron chi connectivity index (χ2n) is 5.03. The van der Waals surface area contributed by atoms with Crippen molar-refractivity contribution in [2.45, 2.75) is 6.92 Å². The molecule has 1 N–H and O–H groups in total. The van der Waals surface area contributed by atoms with Crippen LogP contribution in [0.15, 0.2) is 41.9 Å². The van der Waals surface area contributed by atoms with Crippen LogP contribution in [0.4, 0.5) is 10.9 Å². The second kappa shape index (κ2) is 7.50. The van der Waals surface area contributed by atoms with Gasteiger partial charge in [0.15, 0.2) is 5.13 Å². The number of aromatic nitrogens is 2. The van der Waals surface area contributed by atoms with Gasteiger partial charge in [0.05, 0.1) is 23.4 Å². The minimum Gasteiger partial charge on any atom is -0.465 e. The summed E-state index contributed by atoms with van der Waals surface area (Å²) in [7, 11) is 1.32. The zero-order chi connectivity index (χ0) is 17.8. The van der Waals surface area contributed by atoms with Crippen LogP contribution >= 0.6 is 22.9 Å². The van der Waals surface area contributed by atoms with Gasteiger partial charge in [0.25, 0.3) is 0 Å². The Bertz CT molecular complexity index is 914. The summed E-state index contributed by atoms with van der Waals surface area (Å²) in [4.78, 5) is 20.2. The molecule has 0 spiro atoms. The molecule has 0 saturated heterocycles. The van der Waals surface area contributed by atoms with Crippen molar-refractivity contribution in [3.8, 4) is 11.5 Å². The quantitative estimate of drug-likeness (QED) is 0.644. The standard InChI is InChI=1S/C17H14ClN3O3S/c1-10-9-25-17(20-10)21-15-8-12(5-6-19-15)24-14-7-11(16(22)23-2)3-4-13(14)18/h3-9H,1-2H3,(H,19,20,21). The fourth-order valence-corrected chi connectivity index (χ4v) is 2.87. The third kappa shape index (κ3) is 4.26. The number of anilines is 2. The molecule has 3 rings (SSSR count). The van der Waals surface area contributed by atoms with Gasteiger partial charge in [0, 0.05) is 17.6 Å². The zero-order valence-corrected chi connectivity index (χ0v) is 15.0. The monoisotopic (exact) mass is 375 g/mol. The van der Waals surface area contributed by atoms with Gasteiger partial charge in [-0.25, -0.2) is 14.8 Å². The van der Waals surface area contributed by atoms with Gasteiger partial charge in [-0.2, -0.15) is 0 Å². The molecule has 0 aliphatic heterocycles. The number of methoxy groups -OCH3 is 1. The number of esters is 1. The number of ether oxygens (including phenoxy) is 2. The maximum absolute atomic E-state index is 11.6. The van der Waals surface area contributed by atoms with E-state index in [2.05, 4.69) is 15.3 Å². The lowest BCUT2D eigenvalue weighted by atomic mass is 10.2. The largest absolute Gasteiger partial charge is 0.465 e. The molecule has 0 amide bonds. The maximum atomic E-state index is 11.6. The molecule has 0 atom stereocenters. The molecule has 0 radical (unpaired) electrons. The average Bonchev–Trinajstić information content (AvgIpc) is 3.01. The number of hydrogen-bond donors (Lipinski definition) is 1. The van der Waals surface area contributed by atoms with Crippen LogP contribution in [-0.4, -0.2) is 23.0 Å². The molecule has 0 fully saturated rings. The molecular weight excluding hydrogens is 362 g/mol. The smallest absolute Gasteiger partial charge is 0.337 e. The van der Waals surface area contributed by atoms with Crippen molar-refractivity contribution in [3.63, 3.8) is 0 Å². The Kier molecular flexibility index (Phi) is 5.16. The summed E-state index contributed by atoms with van der Waals surface area (Å²) < 4.78 is 10.5. The van der Waals surface area contributed by atoms with Crippen LogP contribution in [0, 0.1) is 6.92 Å². The first-order valence-corrected chi connectivity index (χ1v) is 8.52. The van der Waals surface area contributed by atoms with Crippen molar-refractivity contribution in [2.75, 3.05) is 12.4 Å². The summed E-state index contributed by atoms with van der Waals surface area (Å²) in [5.74, 6) is 1.01. The molecule has 0 bridgehead atoms. The summed E-state index contributed by atoms with van der Waals surface area (Å²) in [5, 5.41) is 6.19. The van der Waals surface area contributed by atoms with E-state index in [1.54, 1.807) is 30.5 Å². The maximum Gasteiger partial charge on any atom is 0.337 e. The summed E-state index contributed by atoms with van der Waals surface area (Å²) in [6.45, 7) is 1.92. The normalized spacial score (nSPS) is 10.4. The summed E-state index contributed by atoms with van der Waals surface area (Å²) in [5.41, 5.74) is 1.29. The number of nitrogens with one attached hydrogen (secondary N) is 1. The van der Waals surface area contributed by atoms with Gasteiger partial charge in [-0.1, -0.05) is 11.6 Å². The first-order valence-electron chi connectivity index (χ1n) is 7.26. The highest BCUT2D eigenvalue weighted by atomic mass is 35.5. The number of hydrogen-bond acceptors (Lipinski definition) is 7. The Morgan fingerprint density at radius 3 is 2.84 bits per heavy atom. The Labute approximate surface area is 153 Å². The minimum absolute atomic E-state index is 0.354. The molecule has 128 valence electrons. The van der Waals surface area contributed by atoms with Gasteiger partial charge < -0.3 is 14.8 Å². The van der Waals surface area contributed by atoms with Crippen molar-refractivity contribution in [3.05, 3.63) is 58.2 Å². The van der Waals surface area contributed by atoms with E-state index in [4.69, 9.17) is 21.1 Å². The predicted octanol–water partition coefficient (Wildman–Crippen LogP) is 4.82. The average molecular weight is 376 g/mol. The lowest BCUT2D eigenvalue weighted by molar-refractivity contribution is 0.0600. The van der Waals surface area contributed by atoms with E-state index in [0.717, 1.165) is 10.8 Å². The molecule has 8 heteroatoms. The molecule has 0 aliphatic carbocycles. The van der Waals surface area contributed by atoms with Crippen molar-refractivity contribution < 1.29 is 14.3 Å². The van der Waals surface area contributed by atoms with Crippen molar-refractivity contribution in [1.82, 2.24) is 9.97 Å². The van der Waals surface area contributed by atoms with Gasteiger partial charge in [0.1, 0.15) is 17.3 Å².